The number of urea groups is 1. The van der Waals surface area contributed by atoms with Crippen molar-refractivity contribution < 1.29 is 18.3 Å². The first-order chi connectivity index (χ1) is 7.47. The summed E-state index contributed by atoms with van der Waals surface area (Å²) in [4.78, 5) is 12.9. The summed E-state index contributed by atoms with van der Waals surface area (Å²) < 4.78 is 33.2. The lowest BCUT2D eigenvalue weighted by Gasteiger charge is -2.35. The van der Waals surface area contributed by atoms with Gasteiger partial charge in [0.25, 0.3) is 5.92 Å². The van der Waals surface area contributed by atoms with Crippen molar-refractivity contribution in [2.45, 2.75) is 30.8 Å². The van der Waals surface area contributed by atoms with E-state index in [9.17, 15) is 13.6 Å². The van der Waals surface area contributed by atoms with Gasteiger partial charge in [-0.15, -0.1) is 0 Å². The number of hydrogen-bond donors (Lipinski definition) is 1. The molecule has 2 bridgehead atoms. The van der Waals surface area contributed by atoms with Gasteiger partial charge in [-0.25, -0.2) is 13.6 Å². The van der Waals surface area contributed by atoms with Gasteiger partial charge >= 0.3 is 6.03 Å². The summed E-state index contributed by atoms with van der Waals surface area (Å²) in [7, 11) is 1.23. The van der Waals surface area contributed by atoms with Gasteiger partial charge in [-0.05, 0) is 12.8 Å². The summed E-state index contributed by atoms with van der Waals surface area (Å²) in [6, 6.07) is -1.52. The molecule has 2 rings (SSSR count). The van der Waals surface area contributed by atoms with Crippen LogP contribution in [0.1, 0.15) is 12.8 Å². The molecule has 2 atom stereocenters. The second-order valence-electron chi connectivity index (χ2n) is 4.22. The number of fused-ring (bicyclic) bond motifs is 2. The fourth-order valence-electron chi connectivity index (χ4n) is 2.38. The molecule has 7 heteroatoms. The second-order valence-corrected chi connectivity index (χ2v) is 4.65. The minimum absolute atomic E-state index is 0.0366. The predicted molar refractivity (Wildman–Crippen MR) is 56.6 cm³/mol. The van der Waals surface area contributed by atoms with Crippen molar-refractivity contribution in [2.75, 3.05) is 20.3 Å². The van der Waals surface area contributed by atoms with E-state index in [-0.39, 0.29) is 6.04 Å². The molecule has 0 aromatic heterocycles. The number of carbonyl (C=O) groups is 1. The Morgan fingerprint density at radius 3 is 2.88 bits per heavy atom. The van der Waals surface area contributed by atoms with Crippen molar-refractivity contribution >= 4 is 18.8 Å². The molecule has 0 N–H and O–H groups in total. The largest absolute Gasteiger partial charge is 0.378 e. The molecular weight excluding hydrogens is 238 g/mol. The Balaban J connectivity index is 2.16. The summed E-state index contributed by atoms with van der Waals surface area (Å²) in [6.45, 7) is -0.314. The summed E-state index contributed by atoms with van der Waals surface area (Å²) >= 11 is 4.02. The molecular formula is C9H14F2N2O2S. The van der Waals surface area contributed by atoms with Gasteiger partial charge in [0, 0.05) is 13.7 Å². The maximum Gasteiger partial charge on any atom is 0.330 e. The molecule has 0 aliphatic carbocycles. The molecule has 2 heterocycles. The second kappa shape index (κ2) is 4.03. The van der Waals surface area contributed by atoms with Crippen LogP contribution in [0.3, 0.4) is 0 Å². The monoisotopic (exact) mass is 252 g/mol. The standard InChI is InChI=1S/C9H14F2N2O2S/c1-15-5-9(10,11)7-3-2-6-4-12(7)8(14)13(6)16/h6-7,16H,2-5H2,1H3/t6-,7+/m1/s1. The number of methoxy groups -OCH3 is 1. The number of halogens is 2. The number of piperidine rings is 1. The van der Waals surface area contributed by atoms with Crippen LogP contribution < -0.4 is 0 Å². The van der Waals surface area contributed by atoms with E-state index in [4.69, 9.17) is 0 Å². The quantitative estimate of drug-likeness (QED) is 0.770. The molecule has 2 fully saturated rings. The number of nitrogens with zero attached hydrogens (tertiary/aromatic N) is 2. The molecule has 0 spiro atoms. The normalized spacial score (nSPS) is 30.1. The lowest BCUT2D eigenvalue weighted by molar-refractivity contribution is -0.118. The number of hydrogen-bond acceptors (Lipinski definition) is 3. The first-order valence-electron chi connectivity index (χ1n) is 5.13. The molecule has 0 unspecified atom stereocenters. The summed E-state index contributed by atoms with van der Waals surface area (Å²) in [5.41, 5.74) is 0. The van der Waals surface area contributed by atoms with Crippen molar-refractivity contribution in [1.82, 2.24) is 9.21 Å². The lowest BCUT2D eigenvalue weighted by atomic mass is 9.96. The zero-order chi connectivity index (χ0) is 11.9. The van der Waals surface area contributed by atoms with E-state index < -0.39 is 24.6 Å². The number of alkyl halides is 2. The molecule has 2 amide bonds. The molecule has 92 valence electrons. The highest BCUT2D eigenvalue weighted by Gasteiger charge is 2.52. The summed E-state index contributed by atoms with van der Waals surface area (Å²) in [5, 5.41) is 0. The minimum atomic E-state index is -2.99. The molecule has 4 nitrogen and oxygen atoms in total. The predicted octanol–water partition coefficient (Wildman–Crippen LogP) is 1.38. The Morgan fingerprint density at radius 2 is 2.25 bits per heavy atom. The number of carbonyl (C=O) groups excluding carboxylic acids is 1. The van der Waals surface area contributed by atoms with E-state index in [1.165, 1.54) is 16.3 Å². The van der Waals surface area contributed by atoms with Gasteiger partial charge in [0.15, 0.2) is 0 Å². The zero-order valence-electron chi connectivity index (χ0n) is 8.90. The van der Waals surface area contributed by atoms with E-state index in [2.05, 4.69) is 17.6 Å². The van der Waals surface area contributed by atoms with Crippen LogP contribution in [-0.2, 0) is 4.74 Å². The SMILES string of the molecule is COCC(F)(F)[C@@H]1CC[C@@H]2CN1C(=O)N2S. The van der Waals surface area contributed by atoms with Crippen LogP contribution >= 0.6 is 12.8 Å². The maximum absolute atomic E-state index is 13.7. The Kier molecular flexibility index (Phi) is 3.00. The number of amides is 2. The lowest BCUT2D eigenvalue weighted by Crippen LogP contribution is -2.52. The molecule has 2 aliphatic rings. The van der Waals surface area contributed by atoms with Crippen LogP contribution in [-0.4, -0.2) is 53.5 Å². The maximum atomic E-state index is 13.7. The van der Waals surface area contributed by atoms with Gasteiger partial charge in [0.1, 0.15) is 6.61 Å². The van der Waals surface area contributed by atoms with Gasteiger partial charge in [0.2, 0.25) is 0 Å². The van der Waals surface area contributed by atoms with Crippen LogP contribution in [0.2, 0.25) is 0 Å². The van der Waals surface area contributed by atoms with E-state index in [0.717, 1.165) is 0 Å². The highest BCUT2D eigenvalue weighted by atomic mass is 32.1. The van der Waals surface area contributed by atoms with Gasteiger partial charge in [0.05, 0.1) is 12.1 Å². The minimum Gasteiger partial charge on any atom is -0.378 e. The third kappa shape index (κ3) is 1.75. The Morgan fingerprint density at radius 1 is 1.56 bits per heavy atom. The number of rotatable bonds is 3. The first-order valence-corrected chi connectivity index (χ1v) is 5.53. The van der Waals surface area contributed by atoms with Crippen molar-refractivity contribution in [3.05, 3.63) is 0 Å². The van der Waals surface area contributed by atoms with E-state index >= 15 is 0 Å². The number of ether oxygens (including phenoxy) is 1. The molecule has 2 saturated heterocycles. The fraction of sp³-hybridized carbons (Fsp3) is 0.889. The smallest absolute Gasteiger partial charge is 0.330 e. The van der Waals surface area contributed by atoms with Crippen LogP contribution in [0.5, 0.6) is 0 Å². The average Bonchev–Trinajstić information content (AvgIpc) is 2.44. The molecule has 0 aromatic carbocycles. The van der Waals surface area contributed by atoms with E-state index in [1.54, 1.807) is 0 Å². The average molecular weight is 252 g/mol. The van der Waals surface area contributed by atoms with Crippen LogP contribution in [0, 0.1) is 0 Å². The molecule has 0 aromatic rings. The van der Waals surface area contributed by atoms with Gasteiger partial charge < -0.3 is 9.64 Å². The van der Waals surface area contributed by atoms with E-state index in [0.29, 0.717) is 19.4 Å². The topological polar surface area (TPSA) is 32.8 Å². The summed E-state index contributed by atoms with van der Waals surface area (Å²) in [5.74, 6) is -2.99. The van der Waals surface area contributed by atoms with Crippen LogP contribution in [0.4, 0.5) is 13.6 Å². The van der Waals surface area contributed by atoms with Crippen molar-refractivity contribution in [3.63, 3.8) is 0 Å². The summed E-state index contributed by atoms with van der Waals surface area (Å²) in [6.07, 6.45) is 0.861. The molecule has 2 aliphatic heterocycles. The molecule has 0 saturated carbocycles. The zero-order valence-corrected chi connectivity index (χ0v) is 9.79. The number of thiol groups is 1. The van der Waals surface area contributed by atoms with Gasteiger partial charge in [-0.3, -0.25) is 4.31 Å². The van der Waals surface area contributed by atoms with Gasteiger partial charge in [-0.1, -0.05) is 12.8 Å². The third-order valence-electron chi connectivity index (χ3n) is 3.17. The van der Waals surface area contributed by atoms with Crippen LogP contribution in [0.25, 0.3) is 0 Å². The highest BCUT2D eigenvalue weighted by Crippen LogP contribution is 2.37. The van der Waals surface area contributed by atoms with Gasteiger partial charge in [-0.2, -0.15) is 0 Å². The Hall–Kier alpha value is -0.560. The Labute approximate surface area is 98.1 Å². The third-order valence-corrected chi connectivity index (χ3v) is 3.67. The highest BCUT2D eigenvalue weighted by molar-refractivity contribution is 7.78. The van der Waals surface area contributed by atoms with Crippen molar-refractivity contribution in [1.29, 1.82) is 0 Å². The Bertz CT molecular complexity index is 303. The van der Waals surface area contributed by atoms with Crippen molar-refractivity contribution in [3.8, 4) is 0 Å². The first kappa shape index (κ1) is 11.9. The van der Waals surface area contributed by atoms with E-state index in [1.807, 2.05) is 0 Å². The van der Waals surface area contributed by atoms with Crippen molar-refractivity contribution in [2.24, 2.45) is 0 Å². The molecule has 0 radical (unpaired) electrons. The fourth-order valence-corrected chi connectivity index (χ4v) is 2.68. The molecule has 16 heavy (non-hydrogen) atoms. The van der Waals surface area contributed by atoms with Crippen LogP contribution in [0.15, 0.2) is 0 Å².